The molecule has 2 rings (SSSR count). The highest BCUT2D eigenvalue weighted by atomic mass is 16.5. The van der Waals surface area contributed by atoms with Gasteiger partial charge in [0.2, 0.25) is 0 Å². The normalized spacial score (nSPS) is 32.6. The average molecular weight is 198 g/mol. The van der Waals surface area contributed by atoms with Gasteiger partial charge in [-0.25, -0.2) is 0 Å². The van der Waals surface area contributed by atoms with Crippen LogP contribution in [0.15, 0.2) is 0 Å². The lowest BCUT2D eigenvalue weighted by Gasteiger charge is -2.40. The van der Waals surface area contributed by atoms with Crippen molar-refractivity contribution in [2.45, 2.75) is 38.3 Å². The quantitative estimate of drug-likeness (QED) is 0.730. The number of morpholine rings is 1. The van der Waals surface area contributed by atoms with Gasteiger partial charge < -0.3 is 10.5 Å². The number of nitrogens with two attached hydrogens (primary N) is 1. The number of hydrogen-bond acceptors (Lipinski definition) is 3. The topological polar surface area (TPSA) is 38.5 Å². The highest BCUT2D eigenvalue weighted by Gasteiger charge is 2.33. The molecule has 0 bridgehead atoms. The second-order valence-corrected chi connectivity index (χ2v) is 4.57. The van der Waals surface area contributed by atoms with Gasteiger partial charge in [0.15, 0.2) is 0 Å². The van der Waals surface area contributed by atoms with Gasteiger partial charge in [0.25, 0.3) is 0 Å². The van der Waals surface area contributed by atoms with Crippen molar-refractivity contribution in [1.82, 2.24) is 4.90 Å². The molecule has 82 valence electrons. The Labute approximate surface area is 86.6 Å². The standard InChI is InChI=1S/C11H22N2O/c1-2-13-6-7-14-10(8-13)11(12)9-4-3-5-9/h9-11H,2-8,12H2,1H3. The van der Waals surface area contributed by atoms with Crippen molar-refractivity contribution >= 4 is 0 Å². The zero-order chi connectivity index (χ0) is 9.97. The van der Waals surface area contributed by atoms with Crippen LogP contribution in [0.25, 0.3) is 0 Å². The first kappa shape index (κ1) is 10.4. The lowest BCUT2D eigenvalue weighted by molar-refractivity contribution is -0.0540. The van der Waals surface area contributed by atoms with Crippen LogP contribution in [-0.2, 0) is 4.74 Å². The molecule has 1 saturated carbocycles. The number of likely N-dealkylation sites (N-methyl/N-ethyl adjacent to an activating group) is 1. The van der Waals surface area contributed by atoms with Crippen molar-refractivity contribution in [2.24, 2.45) is 11.7 Å². The number of rotatable bonds is 3. The molecule has 3 heteroatoms. The first-order valence-corrected chi connectivity index (χ1v) is 5.90. The molecule has 1 saturated heterocycles. The molecule has 0 aromatic rings. The Kier molecular flexibility index (Phi) is 3.42. The third kappa shape index (κ3) is 2.10. The molecule has 2 unspecified atom stereocenters. The van der Waals surface area contributed by atoms with Crippen LogP contribution in [0.1, 0.15) is 26.2 Å². The minimum absolute atomic E-state index is 0.276. The highest BCUT2D eigenvalue weighted by molar-refractivity contribution is 4.88. The van der Waals surface area contributed by atoms with Gasteiger partial charge in [-0.1, -0.05) is 13.3 Å². The molecule has 1 aliphatic heterocycles. The molecule has 1 heterocycles. The minimum Gasteiger partial charge on any atom is -0.374 e. The summed E-state index contributed by atoms with van der Waals surface area (Å²) in [6, 6.07) is 0.276. The highest BCUT2D eigenvalue weighted by Crippen LogP contribution is 2.31. The predicted octanol–water partition coefficient (Wildman–Crippen LogP) is 0.834. The van der Waals surface area contributed by atoms with Crippen LogP contribution in [0, 0.1) is 5.92 Å². The first-order valence-electron chi connectivity index (χ1n) is 5.90. The molecule has 0 aromatic carbocycles. The van der Waals surface area contributed by atoms with Crippen LogP contribution in [0.4, 0.5) is 0 Å². The zero-order valence-corrected chi connectivity index (χ0v) is 9.11. The molecule has 1 aliphatic carbocycles. The van der Waals surface area contributed by atoms with E-state index in [2.05, 4.69) is 11.8 Å². The van der Waals surface area contributed by atoms with E-state index in [1.807, 2.05) is 0 Å². The van der Waals surface area contributed by atoms with Gasteiger partial charge in [-0.15, -0.1) is 0 Å². The summed E-state index contributed by atoms with van der Waals surface area (Å²) in [4.78, 5) is 2.44. The molecule has 0 amide bonds. The Morgan fingerprint density at radius 3 is 2.86 bits per heavy atom. The summed E-state index contributed by atoms with van der Waals surface area (Å²) in [6.45, 7) is 6.30. The monoisotopic (exact) mass is 198 g/mol. The van der Waals surface area contributed by atoms with Crippen LogP contribution >= 0.6 is 0 Å². The van der Waals surface area contributed by atoms with E-state index in [-0.39, 0.29) is 12.1 Å². The maximum atomic E-state index is 6.22. The minimum atomic E-state index is 0.276. The molecule has 2 atom stereocenters. The van der Waals surface area contributed by atoms with Crippen LogP contribution < -0.4 is 5.73 Å². The molecular formula is C11H22N2O. The van der Waals surface area contributed by atoms with E-state index in [1.54, 1.807) is 0 Å². The first-order chi connectivity index (χ1) is 6.81. The SMILES string of the molecule is CCN1CCOC(C(N)C2CCC2)C1. The summed E-state index contributed by atoms with van der Waals surface area (Å²) in [5.74, 6) is 0.733. The van der Waals surface area contributed by atoms with E-state index in [0.717, 1.165) is 32.2 Å². The molecule has 14 heavy (non-hydrogen) atoms. The smallest absolute Gasteiger partial charge is 0.0855 e. The van der Waals surface area contributed by atoms with Crippen molar-refractivity contribution in [3.8, 4) is 0 Å². The maximum absolute atomic E-state index is 6.22. The summed E-state index contributed by atoms with van der Waals surface area (Å²) >= 11 is 0. The van der Waals surface area contributed by atoms with Crippen molar-refractivity contribution in [3.63, 3.8) is 0 Å². The van der Waals surface area contributed by atoms with Crippen LogP contribution in [0.2, 0.25) is 0 Å². The van der Waals surface area contributed by atoms with Crippen LogP contribution in [0.3, 0.4) is 0 Å². The zero-order valence-electron chi connectivity index (χ0n) is 9.11. The van der Waals surface area contributed by atoms with Gasteiger partial charge in [-0.3, -0.25) is 4.90 Å². The Morgan fingerprint density at radius 1 is 1.50 bits per heavy atom. The Balaban J connectivity index is 1.83. The second-order valence-electron chi connectivity index (χ2n) is 4.57. The molecular weight excluding hydrogens is 176 g/mol. The Bertz CT molecular complexity index is 182. The lowest BCUT2D eigenvalue weighted by atomic mass is 9.78. The second kappa shape index (κ2) is 4.60. The fraction of sp³-hybridized carbons (Fsp3) is 1.00. The molecule has 2 aliphatic rings. The van der Waals surface area contributed by atoms with E-state index in [4.69, 9.17) is 10.5 Å². The fourth-order valence-electron chi connectivity index (χ4n) is 2.38. The Hall–Kier alpha value is -0.120. The average Bonchev–Trinajstić information content (AvgIpc) is 2.15. The summed E-state index contributed by atoms with van der Waals surface area (Å²) in [7, 11) is 0. The molecule has 3 nitrogen and oxygen atoms in total. The Morgan fingerprint density at radius 2 is 2.29 bits per heavy atom. The number of hydrogen-bond donors (Lipinski definition) is 1. The summed E-state index contributed by atoms with van der Waals surface area (Å²) < 4.78 is 5.76. The van der Waals surface area contributed by atoms with Crippen LogP contribution in [-0.4, -0.2) is 43.3 Å². The van der Waals surface area contributed by atoms with Gasteiger partial charge in [0.05, 0.1) is 12.7 Å². The van der Waals surface area contributed by atoms with Gasteiger partial charge >= 0.3 is 0 Å². The van der Waals surface area contributed by atoms with Crippen molar-refractivity contribution in [2.75, 3.05) is 26.2 Å². The fourth-order valence-corrected chi connectivity index (χ4v) is 2.38. The largest absolute Gasteiger partial charge is 0.374 e. The number of nitrogens with zero attached hydrogens (tertiary/aromatic N) is 1. The van der Waals surface area contributed by atoms with E-state index in [0.29, 0.717) is 0 Å². The third-order valence-corrected chi connectivity index (χ3v) is 3.75. The molecule has 2 N–H and O–H groups in total. The van der Waals surface area contributed by atoms with E-state index >= 15 is 0 Å². The van der Waals surface area contributed by atoms with Crippen molar-refractivity contribution in [1.29, 1.82) is 0 Å². The maximum Gasteiger partial charge on any atom is 0.0855 e. The van der Waals surface area contributed by atoms with Gasteiger partial charge in [-0.05, 0) is 25.3 Å². The summed E-state index contributed by atoms with van der Waals surface area (Å²) in [6.07, 6.45) is 4.28. The van der Waals surface area contributed by atoms with Crippen molar-refractivity contribution < 1.29 is 4.74 Å². The molecule has 0 aromatic heterocycles. The predicted molar refractivity (Wildman–Crippen MR) is 57.2 cm³/mol. The van der Waals surface area contributed by atoms with Gasteiger partial charge in [0, 0.05) is 19.1 Å². The van der Waals surface area contributed by atoms with E-state index in [9.17, 15) is 0 Å². The molecule has 0 spiro atoms. The summed E-state index contributed by atoms with van der Waals surface area (Å²) in [5.41, 5.74) is 6.22. The van der Waals surface area contributed by atoms with Gasteiger partial charge in [-0.2, -0.15) is 0 Å². The lowest BCUT2D eigenvalue weighted by Crippen LogP contribution is -2.54. The van der Waals surface area contributed by atoms with Crippen molar-refractivity contribution in [3.05, 3.63) is 0 Å². The van der Waals surface area contributed by atoms with Crippen LogP contribution in [0.5, 0.6) is 0 Å². The van der Waals surface area contributed by atoms with E-state index in [1.165, 1.54) is 19.3 Å². The number of ether oxygens (including phenoxy) is 1. The van der Waals surface area contributed by atoms with Gasteiger partial charge in [0.1, 0.15) is 0 Å². The molecule has 2 fully saturated rings. The third-order valence-electron chi connectivity index (χ3n) is 3.75. The summed E-state index contributed by atoms with van der Waals surface area (Å²) in [5, 5.41) is 0. The molecule has 0 radical (unpaired) electrons. The van der Waals surface area contributed by atoms with E-state index < -0.39 is 0 Å².